The van der Waals surface area contributed by atoms with Gasteiger partial charge < -0.3 is 5.11 Å². The van der Waals surface area contributed by atoms with Crippen molar-refractivity contribution in [3.63, 3.8) is 0 Å². The Morgan fingerprint density at radius 2 is 1.88 bits per heavy atom. The van der Waals surface area contributed by atoms with E-state index in [-0.39, 0.29) is 5.56 Å². The fourth-order valence-electron chi connectivity index (χ4n) is 1.26. The predicted molar refractivity (Wildman–Crippen MR) is 50.9 cm³/mol. The first-order valence-electron chi connectivity index (χ1n) is 4.48. The van der Waals surface area contributed by atoms with Gasteiger partial charge in [-0.1, -0.05) is 30.3 Å². The Kier molecular flexibility index (Phi) is 3.89. The summed E-state index contributed by atoms with van der Waals surface area (Å²) in [6.07, 6.45) is -4.52. The summed E-state index contributed by atoms with van der Waals surface area (Å²) in [5, 5.41) is 10.3. The van der Waals surface area contributed by atoms with Crippen molar-refractivity contribution in [3.05, 3.63) is 35.9 Å². The van der Waals surface area contributed by atoms with Gasteiger partial charge in [0.15, 0.2) is 0 Å². The maximum absolute atomic E-state index is 12.6. The van der Waals surface area contributed by atoms with Crippen molar-refractivity contribution in [1.82, 2.24) is 5.32 Å². The molecule has 1 unspecified atom stereocenters. The summed E-state index contributed by atoms with van der Waals surface area (Å²) in [6, 6.07) is 5.17. The molecular weight excluding hydrogens is 223 g/mol. The Morgan fingerprint density at radius 1 is 1.31 bits per heavy atom. The highest BCUT2D eigenvalue weighted by molar-refractivity contribution is 5.69. The second kappa shape index (κ2) is 4.98. The first-order chi connectivity index (χ1) is 7.41. The molecule has 0 spiro atoms. The van der Waals surface area contributed by atoms with Crippen LogP contribution in [0, 0.1) is 0 Å². The second-order valence-electron chi connectivity index (χ2n) is 3.16. The number of carbonyl (C=O) groups is 1. The van der Waals surface area contributed by atoms with Gasteiger partial charge in [-0.2, -0.15) is 13.2 Å². The van der Waals surface area contributed by atoms with E-state index >= 15 is 0 Å². The molecule has 1 atom stereocenters. The Hall–Kier alpha value is -1.56. The van der Waals surface area contributed by atoms with Crippen molar-refractivity contribution in [1.29, 1.82) is 0 Å². The minimum atomic E-state index is -4.52. The van der Waals surface area contributed by atoms with Crippen LogP contribution in [0.15, 0.2) is 30.3 Å². The molecule has 88 valence electrons. The summed E-state index contributed by atoms with van der Waals surface area (Å²) in [7, 11) is 0. The molecule has 2 N–H and O–H groups in total. The van der Waals surface area contributed by atoms with E-state index in [9.17, 15) is 18.0 Å². The van der Waals surface area contributed by atoms with Gasteiger partial charge in [0.2, 0.25) is 0 Å². The average Bonchev–Trinajstić information content (AvgIpc) is 2.17. The third-order valence-corrected chi connectivity index (χ3v) is 1.92. The van der Waals surface area contributed by atoms with Crippen LogP contribution in [0.3, 0.4) is 0 Å². The zero-order valence-electron chi connectivity index (χ0n) is 8.16. The van der Waals surface area contributed by atoms with E-state index in [2.05, 4.69) is 0 Å². The van der Waals surface area contributed by atoms with Gasteiger partial charge in [0.25, 0.3) is 0 Å². The summed E-state index contributed by atoms with van der Waals surface area (Å²) in [4.78, 5) is 10.2. The summed E-state index contributed by atoms with van der Waals surface area (Å²) < 4.78 is 37.8. The number of benzene rings is 1. The summed E-state index contributed by atoms with van der Waals surface area (Å²) in [6.45, 7) is -0.737. The van der Waals surface area contributed by atoms with Crippen LogP contribution in [-0.2, 0) is 4.79 Å². The quantitative estimate of drug-likeness (QED) is 0.835. The van der Waals surface area contributed by atoms with Crippen LogP contribution in [0.1, 0.15) is 11.6 Å². The molecule has 0 heterocycles. The largest absolute Gasteiger partial charge is 0.480 e. The van der Waals surface area contributed by atoms with Gasteiger partial charge in [0.05, 0.1) is 6.54 Å². The van der Waals surface area contributed by atoms with Crippen molar-refractivity contribution in [3.8, 4) is 0 Å². The zero-order chi connectivity index (χ0) is 12.2. The van der Waals surface area contributed by atoms with E-state index in [0.717, 1.165) is 0 Å². The Balaban J connectivity index is 2.84. The van der Waals surface area contributed by atoms with Crippen LogP contribution in [0.5, 0.6) is 0 Å². The Morgan fingerprint density at radius 3 is 2.31 bits per heavy atom. The van der Waals surface area contributed by atoms with Crippen LogP contribution in [0.2, 0.25) is 0 Å². The molecule has 0 aliphatic heterocycles. The maximum atomic E-state index is 12.6. The molecule has 0 aromatic heterocycles. The van der Waals surface area contributed by atoms with Gasteiger partial charge in [-0.3, -0.25) is 10.1 Å². The molecule has 0 saturated carbocycles. The first kappa shape index (κ1) is 12.5. The molecule has 6 heteroatoms. The normalized spacial score (nSPS) is 13.4. The summed E-state index contributed by atoms with van der Waals surface area (Å²) in [5.74, 6) is -1.33. The van der Waals surface area contributed by atoms with Gasteiger partial charge in [-0.15, -0.1) is 0 Å². The van der Waals surface area contributed by atoms with Gasteiger partial charge in [-0.25, -0.2) is 0 Å². The fraction of sp³-hybridized carbons (Fsp3) is 0.300. The minimum absolute atomic E-state index is 0.00347. The number of hydrogen-bond donors (Lipinski definition) is 2. The van der Waals surface area contributed by atoms with Crippen LogP contribution in [0.25, 0.3) is 0 Å². The van der Waals surface area contributed by atoms with Crippen molar-refractivity contribution in [2.75, 3.05) is 6.54 Å². The van der Waals surface area contributed by atoms with E-state index in [4.69, 9.17) is 5.11 Å². The smallest absolute Gasteiger partial charge is 0.407 e. The molecule has 0 saturated heterocycles. The lowest BCUT2D eigenvalue weighted by molar-refractivity contribution is -0.159. The molecule has 3 nitrogen and oxygen atoms in total. The van der Waals surface area contributed by atoms with E-state index in [1.165, 1.54) is 24.3 Å². The summed E-state index contributed by atoms with van der Waals surface area (Å²) >= 11 is 0. The third-order valence-electron chi connectivity index (χ3n) is 1.92. The Labute approximate surface area is 89.9 Å². The number of nitrogens with one attached hydrogen (secondary N) is 1. The number of alkyl halides is 3. The average molecular weight is 233 g/mol. The number of carboxylic acids is 1. The van der Waals surface area contributed by atoms with Crippen LogP contribution in [-0.4, -0.2) is 23.8 Å². The molecule has 0 bridgehead atoms. The van der Waals surface area contributed by atoms with E-state index in [0.29, 0.717) is 0 Å². The third kappa shape index (κ3) is 3.54. The van der Waals surface area contributed by atoms with Crippen molar-refractivity contribution >= 4 is 5.97 Å². The Bertz CT molecular complexity index is 351. The van der Waals surface area contributed by atoms with E-state index < -0.39 is 24.7 Å². The lowest BCUT2D eigenvalue weighted by Gasteiger charge is -2.21. The van der Waals surface area contributed by atoms with Gasteiger partial charge in [-0.05, 0) is 5.56 Å². The van der Waals surface area contributed by atoms with Crippen molar-refractivity contribution in [2.24, 2.45) is 0 Å². The van der Waals surface area contributed by atoms with Crippen molar-refractivity contribution < 1.29 is 23.1 Å². The molecule has 16 heavy (non-hydrogen) atoms. The molecule has 0 radical (unpaired) electrons. The topological polar surface area (TPSA) is 49.3 Å². The molecule has 0 fully saturated rings. The molecule has 1 aromatic rings. The van der Waals surface area contributed by atoms with Crippen LogP contribution in [0.4, 0.5) is 13.2 Å². The number of hydrogen-bond acceptors (Lipinski definition) is 2. The highest BCUT2D eigenvalue weighted by Crippen LogP contribution is 2.32. The van der Waals surface area contributed by atoms with Crippen molar-refractivity contribution in [2.45, 2.75) is 12.2 Å². The second-order valence-corrected chi connectivity index (χ2v) is 3.16. The van der Waals surface area contributed by atoms with Crippen LogP contribution >= 0.6 is 0 Å². The van der Waals surface area contributed by atoms with Crippen LogP contribution < -0.4 is 5.32 Å². The minimum Gasteiger partial charge on any atom is -0.480 e. The first-order valence-corrected chi connectivity index (χ1v) is 4.48. The van der Waals surface area contributed by atoms with Gasteiger partial charge in [0.1, 0.15) is 6.04 Å². The zero-order valence-corrected chi connectivity index (χ0v) is 8.16. The maximum Gasteiger partial charge on any atom is 0.407 e. The SMILES string of the molecule is O=C(O)CNC(c1ccccc1)C(F)(F)F. The highest BCUT2D eigenvalue weighted by Gasteiger charge is 2.40. The lowest BCUT2D eigenvalue weighted by Crippen LogP contribution is -2.37. The molecular formula is C10H10F3NO2. The van der Waals surface area contributed by atoms with E-state index in [1.54, 1.807) is 6.07 Å². The number of aliphatic carboxylic acids is 1. The van der Waals surface area contributed by atoms with Gasteiger partial charge >= 0.3 is 12.1 Å². The summed E-state index contributed by atoms with van der Waals surface area (Å²) in [5.41, 5.74) is -0.00347. The molecule has 0 aliphatic rings. The molecule has 0 amide bonds. The lowest BCUT2D eigenvalue weighted by atomic mass is 10.1. The van der Waals surface area contributed by atoms with E-state index in [1.807, 2.05) is 5.32 Å². The fourth-order valence-corrected chi connectivity index (χ4v) is 1.26. The number of carboxylic acid groups (broad SMARTS) is 1. The monoisotopic (exact) mass is 233 g/mol. The standard InChI is InChI=1S/C10H10F3NO2/c11-10(12,13)9(14-6-8(15)16)7-4-2-1-3-5-7/h1-5,9,14H,6H2,(H,15,16). The molecule has 1 aromatic carbocycles. The molecule has 1 rings (SSSR count). The number of halogens is 3. The van der Waals surface area contributed by atoms with Gasteiger partial charge in [0, 0.05) is 0 Å². The highest BCUT2D eigenvalue weighted by atomic mass is 19.4. The molecule has 0 aliphatic carbocycles. The number of rotatable bonds is 4. The predicted octanol–water partition coefficient (Wildman–Crippen LogP) is 1.96.